The SMILES string of the molecule is CCCOc1cccc(NC(=O)CNc2cccc(C(=O)N3CCOCC3)c2)c1. The van der Waals surface area contributed by atoms with Crippen molar-refractivity contribution in [3.8, 4) is 5.75 Å². The van der Waals surface area contributed by atoms with Gasteiger partial charge in [-0.05, 0) is 36.8 Å². The van der Waals surface area contributed by atoms with Crippen LogP contribution in [0.5, 0.6) is 5.75 Å². The van der Waals surface area contributed by atoms with E-state index >= 15 is 0 Å². The first kappa shape index (κ1) is 20.7. The predicted octanol–water partition coefficient (Wildman–Crippen LogP) is 3.00. The van der Waals surface area contributed by atoms with Crippen molar-refractivity contribution in [2.45, 2.75) is 13.3 Å². The van der Waals surface area contributed by atoms with Crippen LogP contribution in [0.2, 0.25) is 0 Å². The molecule has 0 bridgehead atoms. The van der Waals surface area contributed by atoms with E-state index in [2.05, 4.69) is 10.6 Å². The Bertz CT molecular complexity index is 834. The lowest BCUT2D eigenvalue weighted by molar-refractivity contribution is -0.114. The molecule has 1 aliphatic rings. The van der Waals surface area contributed by atoms with Gasteiger partial charge in [-0.2, -0.15) is 0 Å². The van der Waals surface area contributed by atoms with Gasteiger partial charge in [0.15, 0.2) is 0 Å². The van der Waals surface area contributed by atoms with Crippen molar-refractivity contribution in [1.82, 2.24) is 4.90 Å². The Kier molecular flexibility index (Phi) is 7.47. The van der Waals surface area contributed by atoms with E-state index in [0.717, 1.165) is 17.9 Å². The molecule has 7 nitrogen and oxygen atoms in total. The van der Waals surface area contributed by atoms with E-state index in [9.17, 15) is 9.59 Å². The Morgan fingerprint density at radius 3 is 2.62 bits per heavy atom. The molecule has 0 atom stereocenters. The topological polar surface area (TPSA) is 79.9 Å². The first-order chi connectivity index (χ1) is 14.2. The van der Waals surface area contributed by atoms with Gasteiger partial charge in [0.1, 0.15) is 5.75 Å². The summed E-state index contributed by atoms with van der Waals surface area (Å²) in [6.07, 6.45) is 0.924. The number of hydrogen-bond acceptors (Lipinski definition) is 5. The molecule has 2 aromatic carbocycles. The number of carbonyl (C=O) groups excluding carboxylic acids is 2. The van der Waals surface area contributed by atoms with E-state index in [1.54, 1.807) is 23.1 Å². The van der Waals surface area contributed by atoms with Crippen molar-refractivity contribution in [3.05, 3.63) is 54.1 Å². The Hall–Kier alpha value is -3.06. The third-order valence-corrected chi connectivity index (χ3v) is 4.45. The number of amides is 2. The number of carbonyl (C=O) groups is 2. The summed E-state index contributed by atoms with van der Waals surface area (Å²) in [6.45, 7) is 5.09. The van der Waals surface area contributed by atoms with Gasteiger partial charge in [0.25, 0.3) is 5.91 Å². The maximum atomic E-state index is 12.6. The summed E-state index contributed by atoms with van der Waals surface area (Å²) in [7, 11) is 0. The number of nitrogens with one attached hydrogen (secondary N) is 2. The molecular formula is C22H27N3O4. The molecule has 0 aromatic heterocycles. The molecule has 0 saturated carbocycles. The van der Waals surface area contributed by atoms with Gasteiger partial charge in [0.05, 0.1) is 26.4 Å². The molecule has 1 fully saturated rings. The van der Waals surface area contributed by atoms with E-state index in [-0.39, 0.29) is 18.4 Å². The molecule has 2 N–H and O–H groups in total. The summed E-state index contributed by atoms with van der Waals surface area (Å²) in [5, 5.41) is 5.92. The highest BCUT2D eigenvalue weighted by atomic mass is 16.5. The molecular weight excluding hydrogens is 370 g/mol. The van der Waals surface area contributed by atoms with Crippen LogP contribution >= 0.6 is 0 Å². The Labute approximate surface area is 171 Å². The second-order valence-electron chi connectivity index (χ2n) is 6.76. The summed E-state index contributed by atoms with van der Waals surface area (Å²) in [6, 6.07) is 14.5. The second-order valence-corrected chi connectivity index (χ2v) is 6.76. The zero-order valence-electron chi connectivity index (χ0n) is 16.6. The van der Waals surface area contributed by atoms with Crippen molar-refractivity contribution >= 4 is 23.2 Å². The highest BCUT2D eigenvalue weighted by molar-refractivity contribution is 5.96. The standard InChI is InChI=1S/C22H27N3O4/c1-2-11-29-20-8-4-7-19(15-20)24-21(26)16-23-18-6-3-5-17(14-18)22(27)25-9-12-28-13-10-25/h3-8,14-15,23H,2,9-13,16H2,1H3,(H,24,26). The van der Waals surface area contributed by atoms with Gasteiger partial charge in [-0.25, -0.2) is 0 Å². The summed E-state index contributed by atoms with van der Waals surface area (Å²) in [5.74, 6) is 0.528. The monoisotopic (exact) mass is 397 g/mol. The molecule has 0 radical (unpaired) electrons. The van der Waals surface area contributed by atoms with Crippen molar-refractivity contribution in [3.63, 3.8) is 0 Å². The number of anilines is 2. The zero-order valence-corrected chi connectivity index (χ0v) is 16.6. The summed E-state index contributed by atoms with van der Waals surface area (Å²) >= 11 is 0. The number of benzene rings is 2. The summed E-state index contributed by atoms with van der Waals surface area (Å²) < 4.78 is 10.9. The van der Waals surface area contributed by atoms with E-state index in [1.807, 2.05) is 37.3 Å². The van der Waals surface area contributed by atoms with Gasteiger partial charge in [-0.3, -0.25) is 9.59 Å². The number of ether oxygens (including phenoxy) is 2. The van der Waals surface area contributed by atoms with Crippen LogP contribution in [0.15, 0.2) is 48.5 Å². The fraction of sp³-hybridized carbons (Fsp3) is 0.364. The molecule has 1 aliphatic heterocycles. The quantitative estimate of drug-likeness (QED) is 0.716. The molecule has 2 aromatic rings. The third-order valence-electron chi connectivity index (χ3n) is 4.45. The minimum absolute atomic E-state index is 0.0229. The molecule has 1 heterocycles. The zero-order chi connectivity index (χ0) is 20.5. The molecule has 29 heavy (non-hydrogen) atoms. The summed E-state index contributed by atoms with van der Waals surface area (Å²) in [4.78, 5) is 26.6. The van der Waals surface area contributed by atoms with Crippen LogP contribution in [0.4, 0.5) is 11.4 Å². The Morgan fingerprint density at radius 1 is 1.07 bits per heavy atom. The molecule has 154 valence electrons. The first-order valence-corrected chi connectivity index (χ1v) is 9.89. The van der Waals surface area contributed by atoms with Gasteiger partial charge in [-0.1, -0.05) is 19.1 Å². The normalized spacial score (nSPS) is 13.6. The minimum atomic E-state index is -0.178. The minimum Gasteiger partial charge on any atom is -0.494 e. The van der Waals surface area contributed by atoms with Crippen LogP contribution in [0, 0.1) is 0 Å². The highest BCUT2D eigenvalue weighted by Crippen LogP contribution is 2.18. The van der Waals surface area contributed by atoms with Gasteiger partial charge >= 0.3 is 0 Å². The Morgan fingerprint density at radius 2 is 1.83 bits per heavy atom. The van der Waals surface area contributed by atoms with E-state index in [1.165, 1.54) is 0 Å². The largest absolute Gasteiger partial charge is 0.494 e. The molecule has 7 heteroatoms. The van der Waals surface area contributed by atoms with Crippen molar-refractivity contribution in [1.29, 1.82) is 0 Å². The van der Waals surface area contributed by atoms with E-state index in [0.29, 0.717) is 44.2 Å². The average molecular weight is 397 g/mol. The predicted molar refractivity (Wildman–Crippen MR) is 113 cm³/mol. The van der Waals surface area contributed by atoms with Gasteiger partial charge < -0.3 is 25.0 Å². The molecule has 0 unspecified atom stereocenters. The number of nitrogens with zero attached hydrogens (tertiary/aromatic N) is 1. The van der Waals surface area contributed by atoms with Crippen LogP contribution < -0.4 is 15.4 Å². The van der Waals surface area contributed by atoms with E-state index < -0.39 is 0 Å². The third kappa shape index (κ3) is 6.22. The first-order valence-electron chi connectivity index (χ1n) is 9.89. The van der Waals surface area contributed by atoms with Crippen LogP contribution in [0.25, 0.3) is 0 Å². The fourth-order valence-electron chi connectivity index (χ4n) is 2.98. The van der Waals surface area contributed by atoms with Crippen molar-refractivity contribution < 1.29 is 19.1 Å². The molecule has 0 spiro atoms. The maximum absolute atomic E-state index is 12.6. The molecule has 2 amide bonds. The Balaban J connectivity index is 1.53. The average Bonchev–Trinajstić information content (AvgIpc) is 2.77. The molecule has 0 aliphatic carbocycles. The molecule has 3 rings (SSSR count). The van der Waals surface area contributed by atoms with E-state index in [4.69, 9.17) is 9.47 Å². The fourth-order valence-corrected chi connectivity index (χ4v) is 2.98. The number of rotatable bonds is 8. The van der Waals surface area contributed by atoms with Gasteiger partial charge in [0.2, 0.25) is 5.91 Å². The van der Waals surface area contributed by atoms with Crippen LogP contribution in [-0.2, 0) is 9.53 Å². The lowest BCUT2D eigenvalue weighted by atomic mass is 10.1. The summed E-state index contributed by atoms with van der Waals surface area (Å²) in [5.41, 5.74) is 2.00. The molecule has 1 saturated heterocycles. The lowest BCUT2D eigenvalue weighted by Gasteiger charge is -2.27. The number of hydrogen-bond donors (Lipinski definition) is 2. The second kappa shape index (κ2) is 10.5. The highest BCUT2D eigenvalue weighted by Gasteiger charge is 2.18. The van der Waals surface area contributed by atoms with Crippen molar-refractivity contribution in [2.75, 3.05) is 50.1 Å². The van der Waals surface area contributed by atoms with Gasteiger partial charge in [0, 0.05) is 36.1 Å². The van der Waals surface area contributed by atoms with Crippen LogP contribution in [0.3, 0.4) is 0 Å². The number of morpholine rings is 1. The lowest BCUT2D eigenvalue weighted by Crippen LogP contribution is -2.40. The maximum Gasteiger partial charge on any atom is 0.254 e. The van der Waals surface area contributed by atoms with Crippen molar-refractivity contribution in [2.24, 2.45) is 0 Å². The van der Waals surface area contributed by atoms with Crippen LogP contribution in [0.1, 0.15) is 23.7 Å². The smallest absolute Gasteiger partial charge is 0.254 e. The van der Waals surface area contributed by atoms with Gasteiger partial charge in [-0.15, -0.1) is 0 Å². The van der Waals surface area contributed by atoms with Crippen LogP contribution in [-0.4, -0.2) is 56.2 Å².